The number of fused-ring (bicyclic) bond motifs is 1. The van der Waals surface area contributed by atoms with Crippen LogP contribution in [0, 0.1) is 0 Å². The first kappa shape index (κ1) is 19.9. The molecule has 2 N–H and O–H groups in total. The zero-order chi connectivity index (χ0) is 19.7. The van der Waals surface area contributed by atoms with Gasteiger partial charge in [-0.1, -0.05) is 53.4 Å². The van der Waals surface area contributed by atoms with Crippen molar-refractivity contribution >= 4 is 45.7 Å². The summed E-state index contributed by atoms with van der Waals surface area (Å²) in [7, 11) is 0. The van der Waals surface area contributed by atoms with Crippen LogP contribution in [0.5, 0.6) is 0 Å². The predicted octanol–water partition coefficient (Wildman–Crippen LogP) is 6.43. The molecule has 2 aromatic carbocycles. The maximum absolute atomic E-state index is 11.1. The van der Waals surface area contributed by atoms with Gasteiger partial charge < -0.3 is 10.4 Å². The standard InChI is InChI=1S/C22H21Cl3N2O/c23-14-6-4-13(5-7-14)20-12-17(21(28)11-16-3-1-2-8-26-16)18-9-15(24)10-19(25)22(18)27-20/h4-7,9-10,12,16,21,26,28H,1-3,8,11H2. The molecule has 1 aliphatic heterocycles. The molecule has 2 unspecified atom stereocenters. The van der Waals surface area contributed by atoms with Crippen molar-refractivity contribution in [3.63, 3.8) is 0 Å². The second-order valence-electron chi connectivity index (χ2n) is 7.29. The van der Waals surface area contributed by atoms with Gasteiger partial charge >= 0.3 is 0 Å². The number of hydrogen-bond acceptors (Lipinski definition) is 3. The molecule has 28 heavy (non-hydrogen) atoms. The van der Waals surface area contributed by atoms with Crippen molar-refractivity contribution in [3.05, 3.63) is 63.1 Å². The van der Waals surface area contributed by atoms with Gasteiger partial charge in [0.2, 0.25) is 0 Å². The van der Waals surface area contributed by atoms with E-state index in [1.54, 1.807) is 6.07 Å². The monoisotopic (exact) mass is 434 g/mol. The number of piperidine rings is 1. The van der Waals surface area contributed by atoms with Crippen molar-refractivity contribution in [2.75, 3.05) is 6.54 Å². The highest BCUT2D eigenvalue weighted by atomic mass is 35.5. The Bertz CT molecular complexity index is 985. The van der Waals surface area contributed by atoms with Crippen molar-refractivity contribution in [2.45, 2.75) is 37.8 Å². The summed E-state index contributed by atoms with van der Waals surface area (Å²) >= 11 is 18.7. The van der Waals surface area contributed by atoms with Gasteiger partial charge in [0.1, 0.15) is 0 Å². The van der Waals surface area contributed by atoms with E-state index in [0.717, 1.165) is 35.2 Å². The number of pyridine rings is 1. The highest BCUT2D eigenvalue weighted by Crippen LogP contribution is 2.36. The lowest BCUT2D eigenvalue weighted by Crippen LogP contribution is -2.35. The van der Waals surface area contributed by atoms with E-state index < -0.39 is 6.10 Å². The average Bonchev–Trinajstić information content (AvgIpc) is 2.68. The first-order valence-corrected chi connectivity index (χ1v) is 10.6. The highest BCUT2D eigenvalue weighted by molar-refractivity contribution is 6.38. The van der Waals surface area contributed by atoms with E-state index in [2.05, 4.69) is 5.32 Å². The molecule has 1 aromatic heterocycles. The second-order valence-corrected chi connectivity index (χ2v) is 8.57. The largest absolute Gasteiger partial charge is 0.388 e. The summed E-state index contributed by atoms with van der Waals surface area (Å²) in [4.78, 5) is 4.75. The number of aromatic nitrogens is 1. The third kappa shape index (κ3) is 4.29. The summed E-state index contributed by atoms with van der Waals surface area (Å²) in [6, 6.07) is 13.2. The van der Waals surface area contributed by atoms with Crippen LogP contribution in [0.2, 0.25) is 15.1 Å². The molecule has 0 saturated carbocycles. The fraction of sp³-hybridized carbons (Fsp3) is 0.318. The van der Waals surface area contributed by atoms with Crippen molar-refractivity contribution in [3.8, 4) is 11.3 Å². The Kier molecular flexibility index (Phi) is 6.10. The number of benzene rings is 2. The zero-order valence-corrected chi connectivity index (χ0v) is 17.5. The molecule has 1 fully saturated rings. The average molecular weight is 436 g/mol. The molecule has 0 radical (unpaired) electrons. The minimum atomic E-state index is -0.637. The summed E-state index contributed by atoms with van der Waals surface area (Å²) in [6.45, 7) is 1.00. The number of nitrogens with zero attached hydrogens (tertiary/aromatic N) is 1. The second kappa shape index (κ2) is 8.56. The van der Waals surface area contributed by atoms with E-state index in [-0.39, 0.29) is 0 Å². The summed E-state index contributed by atoms with van der Waals surface area (Å²) in [6.07, 6.45) is 3.46. The molecule has 6 heteroatoms. The third-order valence-corrected chi connectivity index (χ3v) is 6.04. The fourth-order valence-electron chi connectivity index (χ4n) is 3.84. The van der Waals surface area contributed by atoms with E-state index >= 15 is 0 Å². The van der Waals surface area contributed by atoms with E-state index in [4.69, 9.17) is 39.8 Å². The third-order valence-electron chi connectivity index (χ3n) is 5.28. The Morgan fingerprint density at radius 2 is 1.82 bits per heavy atom. The van der Waals surface area contributed by atoms with Crippen LogP contribution in [-0.4, -0.2) is 22.7 Å². The van der Waals surface area contributed by atoms with Gasteiger partial charge in [-0.2, -0.15) is 0 Å². The van der Waals surface area contributed by atoms with E-state index in [0.29, 0.717) is 33.0 Å². The van der Waals surface area contributed by atoms with Crippen LogP contribution in [0.25, 0.3) is 22.2 Å². The van der Waals surface area contributed by atoms with Crippen LogP contribution >= 0.6 is 34.8 Å². The molecule has 0 amide bonds. The molecule has 2 heterocycles. The SMILES string of the molecule is OC(CC1CCCCN1)c1cc(-c2ccc(Cl)cc2)nc2c(Cl)cc(Cl)cc12. The molecule has 4 rings (SSSR count). The Morgan fingerprint density at radius 3 is 2.54 bits per heavy atom. The van der Waals surface area contributed by atoms with Crippen molar-refractivity contribution in [2.24, 2.45) is 0 Å². The van der Waals surface area contributed by atoms with Gasteiger partial charge in [0.05, 0.1) is 22.3 Å². The fourth-order valence-corrected chi connectivity index (χ4v) is 4.50. The van der Waals surface area contributed by atoms with Gasteiger partial charge in [-0.15, -0.1) is 0 Å². The Hall–Kier alpha value is -1.36. The van der Waals surface area contributed by atoms with Gasteiger partial charge in [0, 0.05) is 27.0 Å². The van der Waals surface area contributed by atoms with Crippen molar-refractivity contribution < 1.29 is 5.11 Å². The van der Waals surface area contributed by atoms with Crippen LogP contribution in [0.4, 0.5) is 0 Å². The number of halogens is 3. The molecular formula is C22H21Cl3N2O. The maximum Gasteiger partial charge on any atom is 0.0900 e. The number of aliphatic hydroxyl groups excluding tert-OH is 1. The molecular weight excluding hydrogens is 415 g/mol. The number of aliphatic hydroxyl groups is 1. The normalized spacial score (nSPS) is 18.4. The molecule has 1 saturated heterocycles. The first-order valence-electron chi connectivity index (χ1n) is 9.48. The topological polar surface area (TPSA) is 45.1 Å². The summed E-state index contributed by atoms with van der Waals surface area (Å²) in [5, 5.41) is 17.1. The van der Waals surface area contributed by atoms with E-state index in [1.807, 2.05) is 36.4 Å². The molecule has 1 aliphatic rings. The lowest BCUT2D eigenvalue weighted by Gasteiger charge is -2.26. The minimum absolute atomic E-state index is 0.306. The van der Waals surface area contributed by atoms with Crippen LogP contribution in [-0.2, 0) is 0 Å². The Balaban J connectivity index is 1.80. The number of rotatable bonds is 4. The molecule has 3 nitrogen and oxygen atoms in total. The van der Waals surface area contributed by atoms with Gasteiger partial charge in [0.15, 0.2) is 0 Å². The minimum Gasteiger partial charge on any atom is -0.388 e. The first-order chi connectivity index (χ1) is 13.5. The number of hydrogen-bond donors (Lipinski definition) is 2. The summed E-state index contributed by atoms with van der Waals surface area (Å²) in [5.74, 6) is 0. The quantitative estimate of drug-likeness (QED) is 0.496. The van der Waals surface area contributed by atoms with Gasteiger partial charge in [-0.25, -0.2) is 4.98 Å². The van der Waals surface area contributed by atoms with E-state index in [1.165, 1.54) is 12.8 Å². The molecule has 3 aromatic rings. The van der Waals surface area contributed by atoms with Crippen molar-refractivity contribution in [1.29, 1.82) is 0 Å². The molecule has 0 aliphatic carbocycles. The van der Waals surface area contributed by atoms with Gasteiger partial charge in [0.25, 0.3) is 0 Å². The van der Waals surface area contributed by atoms with Crippen molar-refractivity contribution in [1.82, 2.24) is 10.3 Å². The molecule has 146 valence electrons. The van der Waals surface area contributed by atoms with Gasteiger partial charge in [-0.05, 0) is 61.7 Å². The lowest BCUT2D eigenvalue weighted by atomic mass is 9.93. The van der Waals surface area contributed by atoms with Crippen LogP contribution in [0.1, 0.15) is 37.4 Å². The zero-order valence-electron chi connectivity index (χ0n) is 15.3. The highest BCUT2D eigenvalue weighted by Gasteiger charge is 2.22. The van der Waals surface area contributed by atoms with Crippen LogP contribution in [0.3, 0.4) is 0 Å². The van der Waals surface area contributed by atoms with Crippen LogP contribution < -0.4 is 5.32 Å². The molecule has 0 spiro atoms. The van der Waals surface area contributed by atoms with E-state index in [9.17, 15) is 5.11 Å². The molecule has 0 bridgehead atoms. The van der Waals surface area contributed by atoms with Crippen LogP contribution in [0.15, 0.2) is 42.5 Å². The predicted molar refractivity (Wildman–Crippen MR) is 117 cm³/mol. The lowest BCUT2D eigenvalue weighted by molar-refractivity contribution is 0.146. The Labute approximate surface area is 179 Å². The maximum atomic E-state index is 11.1. The molecule has 2 atom stereocenters. The van der Waals surface area contributed by atoms with Gasteiger partial charge in [-0.3, -0.25) is 0 Å². The Morgan fingerprint density at radius 1 is 1.04 bits per heavy atom. The number of nitrogens with one attached hydrogen (secondary N) is 1. The summed E-state index contributed by atoms with van der Waals surface area (Å²) in [5.41, 5.74) is 3.11. The smallest absolute Gasteiger partial charge is 0.0900 e. The summed E-state index contributed by atoms with van der Waals surface area (Å²) < 4.78 is 0.